The summed E-state index contributed by atoms with van der Waals surface area (Å²) in [6.07, 6.45) is 3.13. The maximum Gasteiger partial charge on any atom is 0.261 e. The largest absolute Gasteiger partial charge is 0.402 e. The molecular formula is C13H17N7O. The van der Waals surface area contributed by atoms with Crippen molar-refractivity contribution in [1.82, 2.24) is 20.3 Å². The highest BCUT2D eigenvalue weighted by atomic mass is 16.2. The normalized spacial score (nSPS) is 19.7. The van der Waals surface area contributed by atoms with Crippen LogP contribution in [0.25, 0.3) is 5.57 Å². The van der Waals surface area contributed by atoms with E-state index >= 15 is 0 Å². The Hall–Kier alpha value is -2.90. The number of amidine groups is 1. The Labute approximate surface area is 121 Å². The quantitative estimate of drug-likeness (QED) is 0.727. The van der Waals surface area contributed by atoms with Gasteiger partial charge < -0.3 is 11.5 Å². The van der Waals surface area contributed by atoms with Crippen molar-refractivity contribution < 1.29 is 4.79 Å². The Morgan fingerprint density at radius 2 is 2.24 bits per heavy atom. The van der Waals surface area contributed by atoms with Gasteiger partial charge in [-0.2, -0.15) is 0 Å². The van der Waals surface area contributed by atoms with Gasteiger partial charge in [0.25, 0.3) is 5.91 Å². The maximum absolute atomic E-state index is 12.6. The van der Waals surface area contributed by atoms with E-state index in [9.17, 15) is 4.79 Å². The molecule has 0 bridgehead atoms. The summed E-state index contributed by atoms with van der Waals surface area (Å²) in [4.78, 5) is 18.2. The summed E-state index contributed by atoms with van der Waals surface area (Å²) in [5.41, 5.74) is 13.5. The molecule has 8 heteroatoms. The Morgan fingerprint density at radius 3 is 2.71 bits per heavy atom. The number of nitrogens with two attached hydrogens (primary N) is 2. The topological polar surface area (TPSA) is 126 Å². The average Bonchev–Trinajstić information content (AvgIpc) is 2.92. The Balaban J connectivity index is 2.66. The Morgan fingerprint density at radius 1 is 1.52 bits per heavy atom. The maximum atomic E-state index is 12.6. The second kappa shape index (κ2) is 5.61. The highest BCUT2D eigenvalue weighted by molar-refractivity contribution is 6.30. The molecule has 1 amide bonds. The number of nitrogens with zero attached hydrogens (tertiary/aromatic N) is 4. The van der Waals surface area contributed by atoms with Gasteiger partial charge in [0.05, 0.1) is 17.5 Å². The van der Waals surface area contributed by atoms with E-state index in [4.69, 9.17) is 11.5 Å². The lowest BCUT2D eigenvalue weighted by Gasteiger charge is -2.29. The summed E-state index contributed by atoms with van der Waals surface area (Å²) in [5, 5.41) is 9.99. The van der Waals surface area contributed by atoms with Gasteiger partial charge in [-0.15, -0.1) is 5.10 Å². The second-order valence-electron chi connectivity index (χ2n) is 4.50. The molecule has 0 atom stereocenters. The molecule has 1 aliphatic heterocycles. The van der Waals surface area contributed by atoms with Crippen LogP contribution in [0, 0.1) is 0 Å². The molecule has 0 radical (unpaired) electrons. The number of hydrogen-bond acceptors (Lipinski definition) is 6. The van der Waals surface area contributed by atoms with Crippen molar-refractivity contribution >= 4 is 17.3 Å². The van der Waals surface area contributed by atoms with Gasteiger partial charge in [0.1, 0.15) is 11.7 Å². The van der Waals surface area contributed by atoms with E-state index in [0.29, 0.717) is 34.9 Å². The molecule has 0 spiro atoms. The number of aromatic nitrogens is 3. The van der Waals surface area contributed by atoms with Gasteiger partial charge in [0.2, 0.25) is 0 Å². The number of aliphatic imine (C=N–C) groups is 1. The van der Waals surface area contributed by atoms with Crippen molar-refractivity contribution in [3.63, 3.8) is 0 Å². The number of likely N-dealkylation sites (N-methyl/N-ethyl adjacent to an activating group) is 1. The third-order valence-electron chi connectivity index (χ3n) is 2.96. The van der Waals surface area contributed by atoms with E-state index in [0.717, 1.165) is 0 Å². The van der Waals surface area contributed by atoms with Crippen LogP contribution in [0.1, 0.15) is 19.5 Å². The second-order valence-corrected chi connectivity index (χ2v) is 4.50. The molecule has 110 valence electrons. The molecule has 0 saturated heterocycles. The van der Waals surface area contributed by atoms with Gasteiger partial charge in [0.15, 0.2) is 0 Å². The summed E-state index contributed by atoms with van der Waals surface area (Å²) < 4.78 is 0. The van der Waals surface area contributed by atoms with E-state index in [-0.39, 0.29) is 11.7 Å². The first-order valence-corrected chi connectivity index (χ1v) is 6.35. The van der Waals surface area contributed by atoms with Crippen molar-refractivity contribution in [3.05, 3.63) is 41.6 Å². The SMILES string of the molecule is C=C(N)/N=C1\C(=C(\C)N)C=C(c2cnn[nH]2)C(=O)N1CC. The van der Waals surface area contributed by atoms with Crippen molar-refractivity contribution in [2.75, 3.05) is 6.54 Å². The lowest BCUT2D eigenvalue weighted by atomic mass is 9.99. The molecule has 5 N–H and O–H groups in total. The molecule has 1 aromatic rings. The zero-order valence-electron chi connectivity index (χ0n) is 11.9. The molecule has 2 heterocycles. The minimum Gasteiger partial charge on any atom is -0.402 e. The monoisotopic (exact) mass is 287 g/mol. The van der Waals surface area contributed by atoms with Crippen molar-refractivity contribution in [2.45, 2.75) is 13.8 Å². The predicted octanol–water partition coefficient (Wildman–Crippen LogP) is 0.111. The number of H-pyrrole nitrogens is 1. The fourth-order valence-electron chi connectivity index (χ4n) is 2.02. The average molecular weight is 287 g/mol. The molecule has 8 nitrogen and oxygen atoms in total. The third kappa shape index (κ3) is 2.69. The summed E-state index contributed by atoms with van der Waals surface area (Å²) in [5.74, 6) is 0.273. The number of amides is 1. The molecule has 0 aromatic carbocycles. The molecule has 0 fully saturated rings. The highest BCUT2D eigenvalue weighted by Crippen LogP contribution is 2.26. The van der Waals surface area contributed by atoms with Crippen LogP contribution in [0.3, 0.4) is 0 Å². The van der Waals surface area contributed by atoms with E-state index in [1.807, 2.05) is 6.92 Å². The van der Waals surface area contributed by atoms with Crippen LogP contribution >= 0.6 is 0 Å². The van der Waals surface area contributed by atoms with Crippen LogP contribution < -0.4 is 11.5 Å². The number of allylic oxidation sites excluding steroid dienone is 1. The molecule has 0 unspecified atom stereocenters. The van der Waals surface area contributed by atoms with Crippen LogP contribution in [0.5, 0.6) is 0 Å². The van der Waals surface area contributed by atoms with Crippen molar-refractivity contribution in [2.24, 2.45) is 16.5 Å². The number of carbonyl (C=O) groups is 1. The van der Waals surface area contributed by atoms with Crippen LogP contribution in [-0.4, -0.2) is 38.6 Å². The standard InChI is InChI=1S/C13H17N7O/c1-4-20-12(17-8(3)15)9(7(2)14)5-10(13(20)21)11-6-16-19-18-11/h5-6H,3-4,14-15H2,1-2H3,(H,16,18,19)/b9-7-,17-12+. The van der Waals surface area contributed by atoms with E-state index in [1.54, 1.807) is 13.0 Å². The summed E-state index contributed by atoms with van der Waals surface area (Å²) >= 11 is 0. The van der Waals surface area contributed by atoms with Gasteiger partial charge in [-0.05, 0) is 19.9 Å². The summed E-state index contributed by atoms with van der Waals surface area (Å²) in [7, 11) is 0. The van der Waals surface area contributed by atoms with Crippen molar-refractivity contribution in [3.8, 4) is 0 Å². The smallest absolute Gasteiger partial charge is 0.261 e. The Bertz CT molecular complexity index is 663. The lowest BCUT2D eigenvalue weighted by molar-refractivity contribution is -0.121. The van der Waals surface area contributed by atoms with Crippen LogP contribution in [0.15, 0.2) is 40.9 Å². The number of hydrogen-bond donors (Lipinski definition) is 3. The van der Waals surface area contributed by atoms with E-state index < -0.39 is 0 Å². The number of carbonyl (C=O) groups excluding carboxylic acids is 1. The highest BCUT2D eigenvalue weighted by Gasteiger charge is 2.31. The van der Waals surface area contributed by atoms with Gasteiger partial charge in [-0.25, -0.2) is 4.99 Å². The number of nitrogens with one attached hydrogen (secondary N) is 1. The Kier molecular flexibility index (Phi) is 3.88. The molecule has 0 saturated carbocycles. The molecule has 1 aliphatic rings. The fraction of sp³-hybridized carbons (Fsp3) is 0.231. The number of aromatic amines is 1. The minimum absolute atomic E-state index is 0.107. The zero-order valence-corrected chi connectivity index (χ0v) is 11.9. The summed E-state index contributed by atoms with van der Waals surface area (Å²) in [6.45, 7) is 7.53. The van der Waals surface area contributed by atoms with E-state index in [2.05, 4.69) is 27.0 Å². The van der Waals surface area contributed by atoms with Gasteiger partial charge in [0, 0.05) is 17.8 Å². The van der Waals surface area contributed by atoms with E-state index in [1.165, 1.54) is 11.1 Å². The first kappa shape index (κ1) is 14.5. The molecular weight excluding hydrogens is 270 g/mol. The predicted molar refractivity (Wildman–Crippen MR) is 79.4 cm³/mol. The molecule has 2 rings (SSSR count). The lowest BCUT2D eigenvalue weighted by Crippen LogP contribution is -2.42. The number of rotatable bonds is 3. The van der Waals surface area contributed by atoms with Gasteiger partial charge >= 0.3 is 0 Å². The van der Waals surface area contributed by atoms with Crippen LogP contribution in [0.4, 0.5) is 0 Å². The molecule has 1 aromatic heterocycles. The van der Waals surface area contributed by atoms with Gasteiger partial charge in [-0.3, -0.25) is 14.8 Å². The van der Waals surface area contributed by atoms with Crippen LogP contribution in [0.2, 0.25) is 0 Å². The minimum atomic E-state index is -0.228. The zero-order chi connectivity index (χ0) is 15.6. The summed E-state index contributed by atoms with van der Waals surface area (Å²) in [6, 6.07) is 0. The molecule has 0 aliphatic carbocycles. The molecule has 21 heavy (non-hydrogen) atoms. The first-order valence-electron chi connectivity index (χ1n) is 6.35. The van der Waals surface area contributed by atoms with Crippen LogP contribution in [-0.2, 0) is 4.79 Å². The van der Waals surface area contributed by atoms with Gasteiger partial charge in [-0.1, -0.05) is 11.8 Å². The first-order chi connectivity index (χ1) is 9.95. The third-order valence-corrected chi connectivity index (χ3v) is 2.96. The fourth-order valence-corrected chi connectivity index (χ4v) is 2.02. The van der Waals surface area contributed by atoms with Crippen molar-refractivity contribution in [1.29, 1.82) is 0 Å².